The number of likely N-dealkylation sites (N-methyl/N-ethyl adjacent to an activating group) is 1. The summed E-state index contributed by atoms with van der Waals surface area (Å²) in [4.78, 5) is 34.5. The van der Waals surface area contributed by atoms with Gasteiger partial charge in [0.25, 0.3) is 11.8 Å². The molecule has 1 aliphatic heterocycles. The normalized spacial score (nSPS) is 17.8. The Bertz CT molecular complexity index is 1380. The van der Waals surface area contributed by atoms with Gasteiger partial charge in [-0.1, -0.05) is 23.4 Å². The van der Waals surface area contributed by atoms with E-state index in [9.17, 15) is 14.7 Å². The van der Waals surface area contributed by atoms with Crippen molar-refractivity contribution in [3.63, 3.8) is 0 Å². The van der Waals surface area contributed by atoms with Crippen LogP contribution in [0.25, 0.3) is 22.6 Å². The van der Waals surface area contributed by atoms with Crippen molar-refractivity contribution in [2.75, 3.05) is 18.9 Å². The number of hydrogen-bond donors (Lipinski definition) is 4. The number of H-pyrrole nitrogens is 1. The Morgan fingerprint density at radius 2 is 2.12 bits per heavy atom. The average Bonchev–Trinajstić information content (AvgIpc) is 3.59. The number of hydrogen-bond acceptors (Lipinski definition) is 9. The number of rotatable bonds is 6. The molecule has 172 valence electrons. The first kappa shape index (κ1) is 21.3. The molecule has 4 heterocycles. The average molecular weight is 460 g/mol. The number of amides is 2. The van der Waals surface area contributed by atoms with Crippen LogP contribution in [0.15, 0.2) is 53.4 Å². The van der Waals surface area contributed by atoms with Crippen LogP contribution < -0.4 is 11.1 Å². The van der Waals surface area contributed by atoms with E-state index in [1.165, 1.54) is 11.1 Å². The van der Waals surface area contributed by atoms with E-state index in [-0.39, 0.29) is 23.7 Å². The van der Waals surface area contributed by atoms with Gasteiger partial charge in [-0.05, 0) is 6.07 Å². The lowest BCUT2D eigenvalue weighted by atomic mass is 9.98. The first-order valence-electron chi connectivity index (χ1n) is 10.3. The molecule has 1 fully saturated rings. The van der Waals surface area contributed by atoms with Crippen molar-refractivity contribution in [1.82, 2.24) is 30.2 Å². The quantitative estimate of drug-likeness (QED) is 0.331. The van der Waals surface area contributed by atoms with E-state index in [1.807, 2.05) is 0 Å². The minimum absolute atomic E-state index is 0.0198. The number of aromatic nitrogens is 5. The Balaban J connectivity index is 1.46. The number of benzene rings is 1. The molecule has 1 aromatic carbocycles. The van der Waals surface area contributed by atoms with E-state index in [1.54, 1.807) is 49.8 Å². The maximum atomic E-state index is 12.4. The summed E-state index contributed by atoms with van der Waals surface area (Å²) in [6.07, 6.45) is 4.85. The van der Waals surface area contributed by atoms with Crippen LogP contribution in [0.2, 0.25) is 0 Å². The van der Waals surface area contributed by atoms with Crippen molar-refractivity contribution in [2.24, 2.45) is 5.73 Å². The van der Waals surface area contributed by atoms with Gasteiger partial charge in [0.1, 0.15) is 5.69 Å². The number of primary amides is 1. The molecule has 34 heavy (non-hydrogen) atoms. The van der Waals surface area contributed by atoms with E-state index in [2.05, 4.69) is 30.6 Å². The zero-order valence-corrected chi connectivity index (χ0v) is 18.0. The number of aliphatic hydroxyl groups is 1. The van der Waals surface area contributed by atoms with Gasteiger partial charge in [-0.25, -0.2) is 9.97 Å². The highest BCUT2D eigenvalue weighted by Gasteiger charge is 2.48. The van der Waals surface area contributed by atoms with Gasteiger partial charge >= 0.3 is 0 Å². The van der Waals surface area contributed by atoms with Crippen molar-refractivity contribution in [3.05, 3.63) is 60.4 Å². The summed E-state index contributed by atoms with van der Waals surface area (Å²) in [7, 11) is 1.62. The summed E-state index contributed by atoms with van der Waals surface area (Å²) in [6.45, 7) is 0.422. The molecule has 4 aromatic rings. The number of nitrogens with two attached hydrogens (primary N) is 1. The van der Waals surface area contributed by atoms with Crippen molar-refractivity contribution in [1.29, 1.82) is 0 Å². The van der Waals surface area contributed by atoms with Gasteiger partial charge in [0.2, 0.25) is 5.60 Å². The Morgan fingerprint density at radius 3 is 2.82 bits per heavy atom. The number of aromatic amines is 1. The lowest BCUT2D eigenvalue weighted by Gasteiger charge is -2.16. The minimum atomic E-state index is -1.73. The number of anilines is 2. The minimum Gasteiger partial charge on any atom is -0.373 e. The van der Waals surface area contributed by atoms with E-state index < -0.39 is 17.4 Å². The molecule has 0 saturated carbocycles. The molecular weight excluding hydrogens is 440 g/mol. The molecule has 12 heteroatoms. The van der Waals surface area contributed by atoms with Gasteiger partial charge in [-0.3, -0.25) is 14.7 Å². The molecule has 2 amide bonds. The number of nitrogens with zero attached hydrogens (tertiary/aromatic N) is 5. The third-order valence-electron chi connectivity index (χ3n) is 5.64. The first-order valence-corrected chi connectivity index (χ1v) is 10.3. The summed E-state index contributed by atoms with van der Waals surface area (Å²) in [5, 5.41) is 24.3. The maximum absolute atomic E-state index is 12.4. The Hall–Kier alpha value is -4.58. The van der Waals surface area contributed by atoms with Crippen LogP contribution in [0.4, 0.5) is 11.4 Å². The molecule has 1 saturated heterocycles. The summed E-state index contributed by atoms with van der Waals surface area (Å²) >= 11 is 0. The van der Waals surface area contributed by atoms with Crippen molar-refractivity contribution in [2.45, 2.75) is 12.0 Å². The molecule has 1 atom stereocenters. The monoisotopic (exact) mass is 460 g/mol. The molecule has 0 unspecified atom stereocenters. The topological polar surface area (TPSA) is 176 Å². The molecule has 1 aliphatic rings. The second kappa shape index (κ2) is 8.08. The molecule has 0 radical (unpaired) electrons. The number of carbonyl (C=O) groups is 2. The molecular formula is C22H20N8O4. The Labute approximate surface area is 192 Å². The predicted octanol–water partition coefficient (Wildman–Crippen LogP) is 1.41. The van der Waals surface area contributed by atoms with Crippen LogP contribution in [0.3, 0.4) is 0 Å². The molecule has 0 aliphatic carbocycles. The van der Waals surface area contributed by atoms with E-state index in [0.29, 0.717) is 34.7 Å². The molecule has 5 rings (SSSR count). The number of carbonyl (C=O) groups excluding carboxylic acids is 2. The first-order chi connectivity index (χ1) is 16.3. The van der Waals surface area contributed by atoms with Crippen LogP contribution >= 0.6 is 0 Å². The van der Waals surface area contributed by atoms with Crippen LogP contribution in [0, 0.1) is 0 Å². The lowest BCUT2D eigenvalue weighted by Crippen LogP contribution is -2.35. The molecule has 3 aromatic heterocycles. The van der Waals surface area contributed by atoms with Crippen molar-refractivity contribution < 1.29 is 19.2 Å². The fourth-order valence-corrected chi connectivity index (χ4v) is 3.78. The van der Waals surface area contributed by atoms with Crippen molar-refractivity contribution >= 4 is 23.2 Å². The maximum Gasteiger partial charge on any atom is 0.269 e. The summed E-state index contributed by atoms with van der Waals surface area (Å²) in [5.41, 5.74) is 6.48. The smallest absolute Gasteiger partial charge is 0.269 e. The van der Waals surface area contributed by atoms with Crippen molar-refractivity contribution in [3.8, 4) is 22.6 Å². The largest absolute Gasteiger partial charge is 0.373 e. The Morgan fingerprint density at radius 1 is 1.29 bits per heavy atom. The van der Waals surface area contributed by atoms with E-state index in [4.69, 9.17) is 10.3 Å². The summed E-state index contributed by atoms with van der Waals surface area (Å²) in [6, 6.07) is 8.65. The van der Waals surface area contributed by atoms with E-state index >= 15 is 0 Å². The second-order valence-corrected chi connectivity index (χ2v) is 7.93. The van der Waals surface area contributed by atoms with Gasteiger partial charge in [-0.2, -0.15) is 5.10 Å². The number of nitrogens with one attached hydrogen (secondary N) is 2. The highest BCUT2D eigenvalue weighted by Crippen LogP contribution is 2.35. The summed E-state index contributed by atoms with van der Waals surface area (Å²) in [5.74, 6) is -0.778. The van der Waals surface area contributed by atoms with Gasteiger partial charge in [0.05, 0.1) is 23.8 Å². The highest BCUT2D eigenvalue weighted by molar-refractivity contribution is 5.97. The fourth-order valence-electron chi connectivity index (χ4n) is 3.78. The predicted molar refractivity (Wildman–Crippen MR) is 120 cm³/mol. The van der Waals surface area contributed by atoms with Gasteiger partial charge in [0, 0.05) is 43.4 Å². The zero-order chi connectivity index (χ0) is 23.9. The SMILES string of the molecule is CN1CC[C@@](O)(c2cc(-c3cccc(-c4ncc(Nc5cn[nH]c5)c(C(N)=O)n4)c3)no2)C1=O. The van der Waals surface area contributed by atoms with Crippen LogP contribution in [0.5, 0.6) is 0 Å². The third kappa shape index (κ3) is 3.65. The lowest BCUT2D eigenvalue weighted by molar-refractivity contribution is -0.144. The Kier molecular flexibility index (Phi) is 5.06. The van der Waals surface area contributed by atoms with Crippen LogP contribution in [-0.4, -0.2) is 60.7 Å². The standard InChI is InChI=1S/C22H20N8O4/c1-30-6-5-22(33,21(30)32)17-8-15(29-34-17)12-3-2-4-13(7-12)20-24-11-16(18(28-20)19(23)31)27-14-9-25-26-10-14/h2-4,7-11,27,33H,5-6H2,1H3,(H2,23,31)(H,25,26)/t22-/m1/s1. The van der Waals surface area contributed by atoms with Gasteiger partial charge < -0.3 is 25.6 Å². The fraction of sp³-hybridized carbons (Fsp3) is 0.182. The van der Waals surface area contributed by atoms with Gasteiger partial charge in [-0.15, -0.1) is 0 Å². The molecule has 0 spiro atoms. The second-order valence-electron chi connectivity index (χ2n) is 7.93. The zero-order valence-electron chi connectivity index (χ0n) is 18.0. The van der Waals surface area contributed by atoms with Crippen LogP contribution in [0.1, 0.15) is 22.7 Å². The van der Waals surface area contributed by atoms with Crippen LogP contribution in [-0.2, 0) is 10.4 Å². The molecule has 0 bridgehead atoms. The summed E-state index contributed by atoms with van der Waals surface area (Å²) < 4.78 is 5.33. The third-order valence-corrected chi connectivity index (χ3v) is 5.64. The molecule has 12 nitrogen and oxygen atoms in total. The van der Waals surface area contributed by atoms with E-state index in [0.717, 1.165) is 0 Å². The van der Waals surface area contributed by atoms with Gasteiger partial charge in [0.15, 0.2) is 17.3 Å². The number of likely N-dealkylation sites (tertiary alicyclic amines) is 1. The highest BCUT2D eigenvalue weighted by atomic mass is 16.5. The molecule has 5 N–H and O–H groups in total.